The fourth-order valence-electron chi connectivity index (χ4n) is 2.14. The molecule has 1 aromatic heterocycles. The molecule has 1 N–H and O–H groups in total. The lowest BCUT2D eigenvalue weighted by Gasteiger charge is -2.05. The number of hydrogen-bond donors (Lipinski definition) is 1. The van der Waals surface area contributed by atoms with Crippen LogP contribution in [0.2, 0.25) is 5.02 Å². The number of benzene rings is 2. The highest BCUT2D eigenvalue weighted by atomic mass is 35.5. The summed E-state index contributed by atoms with van der Waals surface area (Å²) in [5, 5.41) is 4.36. The number of rotatable bonds is 5. The second kappa shape index (κ2) is 8.73. The number of ether oxygens (including phenoxy) is 1. The third-order valence-corrected chi connectivity index (χ3v) is 3.71. The monoisotopic (exact) mass is 379 g/mol. The molecule has 3 rings (SSSR count). The van der Waals surface area contributed by atoms with E-state index in [1.165, 1.54) is 24.7 Å². The van der Waals surface area contributed by atoms with Gasteiger partial charge < -0.3 is 4.74 Å². The first kappa shape index (κ1) is 18.3. The van der Waals surface area contributed by atoms with Crippen molar-refractivity contribution >= 4 is 29.7 Å². The fourth-order valence-corrected chi connectivity index (χ4v) is 2.33. The van der Waals surface area contributed by atoms with E-state index in [4.69, 9.17) is 16.3 Å². The minimum absolute atomic E-state index is 0.333. The van der Waals surface area contributed by atoms with E-state index < -0.39 is 5.97 Å². The van der Waals surface area contributed by atoms with Crippen molar-refractivity contribution in [3.8, 4) is 5.75 Å². The highest BCUT2D eigenvalue weighted by Crippen LogP contribution is 2.16. The van der Waals surface area contributed by atoms with E-state index in [-0.39, 0.29) is 5.91 Å². The van der Waals surface area contributed by atoms with Crippen LogP contribution >= 0.6 is 11.6 Å². The maximum absolute atomic E-state index is 12.1. The Hall–Kier alpha value is -3.51. The average Bonchev–Trinajstić information content (AvgIpc) is 2.70. The lowest BCUT2D eigenvalue weighted by atomic mass is 10.2. The third kappa shape index (κ3) is 5.23. The van der Waals surface area contributed by atoms with E-state index in [1.807, 2.05) is 0 Å². The van der Waals surface area contributed by atoms with Gasteiger partial charge in [-0.2, -0.15) is 5.10 Å². The molecule has 0 unspecified atom stereocenters. The van der Waals surface area contributed by atoms with E-state index in [2.05, 4.69) is 15.5 Å². The summed E-state index contributed by atoms with van der Waals surface area (Å²) in [4.78, 5) is 27.8. The first-order valence-electron chi connectivity index (χ1n) is 7.93. The summed E-state index contributed by atoms with van der Waals surface area (Å²) >= 11 is 5.87. The topological polar surface area (TPSA) is 80.6 Å². The van der Waals surface area contributed by atoms with Crippen LogP contribution in [0.4, 0.5) is 0 Å². The van der Waals surface area contributed by atoms with Crippen LogP contribution in [0.15, 0.2) is 78.2 Å². The average molecular weight is 380 g/mol. The molecule has 0 aliphatic heterocycles. The first-order chi connectivity index (χ1) is 13.1. The molecule has 3 aromatic rings. The molecule has 0 atom stereocenters. The minimum Gasteiger partial charge on any atom is -0.423 e. The zero-order valence-electron chi connectivity index (χ0n) is 14.0. The van der Waals surface area contributed by atoms with Gasteiger partial charge in [0.25, 0.3) is 5.91 Å². The Balaban J connectivity index is 1.57. The molecule has 6 nitrogen and oxygen atoms in total. The number of carbonyl (C=O) groups is 2. The number of amides is 1. The summed E-state index contributed by atoms with van der Waals surface area (Å²) in [6.07, 6.45) is 4.55. The number of aromatic nitrogens is 1. The van der Waals surface area contributed by atoms with Crippen LogP contribution in [-0.2, 0) is 0 Å². The van der Waals surface area contributed by atoms with Crippen molar-refractivity contribution in [2.75, 3.05) is 0 Å². The van der Waals surface area contributed by atoms with Gasteiger partial charge in [0, 0.05) is 23.0 Å². The van der Waals surface area contributed by atoms with Crippen LogP contribution < -0.4 is 10.2 Å². The van der Waals surface area contributed by atoms with Gasteiger partial charge in [0.1, 0.15) is 5.75 Å². The zero-order valence-corrected chi connectivity index (χ0v) is 14.8. The van der Waals surface area contributed by atoms with Crippen molar-refractivity contribution in [1.82, 2.24) is 10.4 Å². The Labute approximate surface area is 160 Å². The fraction of sp³-hybridized carbons (Fsp3) is 0. The van der Waals surface area contributed by atoms with E-state index in [9.17, 15) is 9.59 Å². The molecule has 1 amide bonds. The van der Waals surface area contributed by atoms with Gasteiger partial charge in [0.15, 0.2) is 0 Å². The molecule has 0 saturated carbocycles. The Kier molecular flexibility index (Phi) is 5.91. The standard InChI is InChI=1S/C20H14ClN3O3/c21-17-3-1-2-16(12-17)20(26)27-18-6-4-14(5-7-18)13-23-24-19(25)15-8-10-22-11-9-15/h1-13H,(H,24,25)/b23-13-. The predicted molar refractivity (Wildman–Crippen MR) is 102 cm³/mol. The second-order valence-corrected chi connectivity index (χ2v) is 5.84. The first-order valence-corrected chi connectivity index (χ1v) is 8.31. The SMILES string of the molecule is O=C(N/N=C\c1ccc(OC(=O)c2cccc(Cl)c2)cc1)c1ccncc1. The van der Waals surface area contributed by atoms with Crippen LogP contribution in [0, 0.1) is 0 Å². The predicted octanol–water partition coefficient (Wildman–Crippen LogP) is 3.72. The zero-order chi connectivity index (χ0) is 19.1. The molecular formula is C20H14ClN3O3. The Bertz CT molecular complexity index is 973. The molecule has 0 fully saturated rings. The van der Waals surface area contributed by atoms with Gasteiger partial charge in [-0.25, -0.2) is 10.2 Å². The van der Waals surface area contributed by atoms with Gasteiger partial charge >= 0.3 is 5.97 Å². The molecule has 0 radical (unpaired) electrons. The van der Waals surface area contributed by atoms with Crippen molar-refractivity contribution in [2.45, 2.75) is 0 Å². The number of hydrazone groups is 1. The summed E-state index contributed by atoms with van der Waals surface area (Å²) in [6, 6.07) is 16.4. The number of nitrogens with one attached hydrogen (secondary N) is 1. The van der Waals surface area contributed by atoms with Crippen LogP contribution in [0.3, 0.4) is 0 Å². The molecule has 2 aromatic carbocycles. The molecule has 7 heteroatoms. The van der Waals surface area contributed by atoms with Crippen molar-refractivity contribution in [3.05, 3.63) is 94.8 Å². The lowest BCUT2D eigenvalue weighted by molar-refractivity contribution is 0.0734. The van der Waals surface area contributed by atoms with Crippen LogP contribution in [0.5, 0.6) is 5.75 Å². The van der Waals surface area contributed by atoms with Gasteiger partial charge in [-0.1, -0.05) is 17.7 Å². The lowest BCUT2D eigenvalue weighted by Crippen LogP contribution is -2.17. The Morgan fingerprint density at radius 2 is 1.74 bits per heavy atom. The van der Waals surface area contributed by atoms with Crippen molar-refractivity contribution in [1.29, 1.82) is 0 Å². The quantitative estimate of drug-likeness (QED) is 0.317. The van der Waals surface area contributed by atoms with E-state index in [0.29, 0.717) is 21.9 Å². The number of nitrogens with zero attached hydrogens (tertiary/aromatic N) is 2. The maximum Gasteiger partial charge on any atom is 0.343 e. The molecule has 27 heavy (non-hydrogen) atoms. The molecule has 0 bridgehead atoms. The Morgan fingerprint density at radius 3 is 2.44 bits per heavy atom. The minimum atomic E-state index is -0.497. The number of hydrogen-bond acceptors (Lipinski definition) is 5. The second-order valence-electron chi connectivity index (χ2n) is 5.40. The van der Waals surface area contributed by atoms with Crippen molar-refractivity contribution < 1.29 is 14.3 Å². The van der Waals surface area contributed by atoms with E-state index in [0.717, 1.165) is 5.56 Å². The summed E-state index contributed by atoms with van der Waals surface area (Å²) in [5.41, 5.74) is 3.99. The molecule has 1 heterocycles. The van der Waals surface area contributed by atoms with Crippen LogP contribution in [-0.4, -0.2) is 23.1 Å². The molecule has 0 aliphatic carbocycles. The van der Waals surface area contributed by atoms with Crippen LogP contribution in [0.25, 0.3) is 0 Å². The number of halogens is 1. The summed E-state index contributed by atoms with van der Waals surface area (Å²) in [6.45, 7) is 0. The smallest absolute Gasteiger partial charge is 0.343 e. The molecule has 0 spiro atoms. The molecule has 0 saturated heterocycles. The highest BCUT2D eigenvalue weighted by molar-refractivity contribution is 6.30. The van der Waals surface area contributed by atoms with Crippen LogP contribution in [0.1, 0.15) is 26.3 Å². The van der Waals surface area contributed by atoms with Gasteiger partial charge in [-0.15, -0.1) is 0 Å². The highest BCUT2D eigenvalue weighted by Gasteiger charge is 2.08. The maximum atomic E-state index is 12.1. The van der Waals surface area contributed by atoms with E-state index >= 15 is 0 Å². The molecule has 134 valence electrons. The number of esters is 1. The van der Waals surface area contributed by atoms with Gasteiger partial charge in [0.05, 0.1) is 11.8 Å². The normalized spacial score (nSPS) is 10.6. The van der Waals surface area contributed by atoms with Crippen molar-refractivity contribution in [2.24, 2.45) is 5.10 Å². The van der Waals surface area contributed by atoms with E-state index in [1.54, 1.807) is 54.6 Å². The van der Waals surface area contributed by atoms with Gasteiger partial charge in [0.2, 0.25) is 0 Å². The summed E-state index contributed by atoms with van der Waals surface area (Å²) in [5.74, 6) is -0.442. The van der Waals surface area contributed by atoms with Gasteiger partial charge in [-0.05, 0) is 60.2 Å². The van der Waals surface area contributed by atoms with Gasteiger partial charge in [-0.3, -0.25) is 9.78 Å². The summed E-state index contributed by atoms with van der Waals surface area (Å²) in [7, 11) is 0. The largest absolute Gasteiger partial charge is 0.423 e. The van der Waals surface area contributed by atoms with Crippen molar-refractivity contribution in [3.63, 3.8) is 0 Å². The third-order valence-electron chi connectivity index (χ3n) is 3.47. The number of pyridine rings is 1. The Morgan fingerprint density at radius 1 is 1.00 bits per heavy atom. The molecule has 0 aliphatic rings. The summed E-state index contributed by atoms with van der Waals surface area (Å²) < 4.78 is 5.29. The molecular weight excluding hydrogens is 366 g/mol. The number of carbonyl (C=O) groups excluding carboxylic acids is 2.